The minimum Gasteiger partial charge on any atom is -0.342 e. The van der Waals surface area contributed by atoms with E-state index in [1.54, 1.807) is 12.1 Å². The Balaban J connectivity index is 1.52. The van der Waals surface area contributed by atoms with Crippen molar-refractivity contribution in [3.05, 3.63) is 39.9 Å². The van der Waals surface area contributed by atoms with Crippen LogP contribution in [0.4, 0.5) is 5.69 Å². The van der Waals surface area contributed by atoms with E-state index in [0.717, 1.165) is 57.4 Å². The van der Waals surface area contributed by atoms with Crippen LogP contribution in [0.15, 0.2) is 24.3 Å². The summed E-state index contributed by atoms with van der Waals surface area (Å²) in [5, 5.41) is 10.8. The summed E-state index contributed by atoms with van der Waals surface area (Å²) in [5.41, 5.74) is 1.10. The van der Waals surface area contributed by atoms with Gasteiger partial charge in [-0.25, -0.2) is 0 Å². The molecular weight excluding hydrogens is 294 g/mol. The van der Waals surface area contributed by atoms with Gasteiger partial charge in [-0.1, -0.05) is 12.1 Å². The third-order valence-corrected chi connectivity index (χ3v) is 4.88. The maximum Gasteiger partial charge on any atom is 0.269 e. The number of amides is 1. The van der Waals surface area contributed by atoms with E-state index in [1.807, 2.05) is 11.0 Å². The topological polar surface area (TPSA) is 66.7 Å². The van der Waals surface area contributed by atoms with Crippen molar-refractivity contribution in [3.8, 4) is 0 Å². The van der Waals surface area contributed by atoms with Crippen LogP contribution in [0.3, 0.4) is 0 Å². The molecule has 2 fully saturated rings. The predicted molar refractivity (Wildman–Crippen MR) is 86.9 cm³/mol. The minimum atomic E-state index is -0.357. The molecule has 2 heterocycles. The monoisotopic (exact) mass is 317 g/mol. The Hall–Kier alpha value is -1.95. The first-order valence-corrected chi connectivity index (χ1v) is 8.38. The summed E-state index contributed by atoms with van der Waals surface area (Å²) in [6.07, 6.45) is 4.06. The summed E-state index contributed by atoms with van der Waals surface area (Å²) in [6.45, 7) is 4.33. The molecule has 1 aromatic carbocycles. The lowest BCUT2D eigenvalue weighted by Gasteiger charge is -2.33. The summed E-state index contributed by atoms with van der Waals surface area (Å²) in [4.78, 5) is 27.2. The van der Waals surface area contributed by atoms with Crippen molar-refractivity contribution in [3.63, 3.8) is 0 Å². The zero-order valence-corrected chi connectivity index (χ0v) is 13.3. The highest BCUT2D eigenvalue weighted by Crippen LogP contribution is 2.23. The molecule has 1 aromatic rings. The van der Waals surface area contributed by atoms with Crippen molar-refractivity contribution in [2.24, 2.45) is 5.92 Å². The number of carbonyl (C=O) groups is 1. The lowest BCUT2D eigenvalue weighted by molar-refractivity contribution is -0.384. The fourth-order valence-electron chi connectivity index (χ4n) is 3.56. The maximum atomic E-state index is 12.4. The van der Waals surface area contributed by atoms with Crippen molar-refractivity contribution < 1.29 is 9.72 Å². The second-order valence-electron chi connectivity index (χ2n) is 6.51. The average Bonchev–Trinajstić information content (AvgIpc) is 3.09. The van der Waals surface area contributed by atoms with Gasteiger partial charge in [0.15, 0.2) is 0 Å². The van der Waals surface area contributed by atoms with Gasteiger partial charge in [-0.3, -0.25) is 19.8 Å². The highest BCUT2D eigenvalue weighted by atomic mass is 16.6. The van der Waals surface area contributed by atoms with Crippen LogP contribution in [-0.2, 0) is 11.3 Å². The molecule has 23 heavy (non-hydrogen) atoms. The van der Waals surface area contributed by atoms with Crippen LogP contribution in [0, 0.1) is 16.0 Å². The zero-order valence-electron chi connectivity index (χ0n) is 13.3. The smallest absolute Gasteiger partial charge is 0.269 e. The van der Waals surface area contributed by atoms with Gasteiger partial charge in [0.25, 0.3) is 5.69 Å². The number of benzene rings is 1. The summed E-state index contributed by atoms with van der Waals surface area (Å²) in [5.74, 6) is 0.493. The first-order valence-electron chi connectivity index (χ1n) is 8.38. The number of piperidine rings is 1. The van der Waals surface area contributed by atoms with Crippen molar-refractivity contribution in [1.82, 2.24) is 9.80 Å². The van der Waals surface area contributed by atoms with Crippen molar-refractivity contribution in [1.29, 1.82) is 0 Å². The molecule has 0 N–H and O–H groups in total. The van der Waals surface area contributed by atoms with E-state index in [0.29, 0.717) is 12.5 Å². The number of nitro benzene ring substituents is 1. The van der Waals surface area contributed by atoms with E-state index in [4.69, 9.17) is 0 Å². The van der Waals surface area contributed by atoms with Gasteiger partial charge in [-0.05, 0) is 44.3 Å². The average molecular weight is 317 g/mol. The molecule has 124 valence electrons. The normalized spacial score (nSPS) is 19.9. The summed E-state index contributed by atoms with van der Waals surface area (Å²) in [6, 6.07) is 6.82. The molecular formula is C17H23N3O3. The number of likely N-dealkylation sites (tertiary alicyclic amines) is 2. The second-order valence-corrected chi connectivity index (χ2v) is 6.51. The highest BCUT2D eigenvalue weighted by molar-refractivity contribution is 5.79. The van der Waals surface area contributed by atoms with Crippen LogP contribution >= 0.6 is 0 Å². The van der Waals surface area contributed by atoms with Gasteiger partial charge in [-0.2, -0.15) is 0 Å². The van der Waals surface area contributed by atoms with Gasteiger partial charge in [0.1, 0.15) is 0 Å². The first kappa shape index (κ1) is 15.9. The minimum absolute atomic E-state index is 0.140. The quantitative estimate of drug-likeness (QED) is 0.632. The third-order valence-electron chi connectivity index (χ3n) is 4.88. The molecule has 2 aliphatic rings. The molecule has 6 heteroatoms. The highest BCUT2D eigenvalue weighted by Gasteiger charge is 2.29. The maximum absolute atomic E-state index is 12.4. The number of carbonyl (C=O) groups excluding carboxylic acids is 1. The zero-order chi connectivity index (χ0) is 16.2. The molecule has 1 amide bonds. The van der Waals surface area contributed by atoms with E-state index in [9.17, 15) is 14.9 Å². The number of nitro groups is 1. The van der Waals surface area contributed by atoms with Crippen molar-refractivity contribution in [2.45, 2.75) is 32.2 Å². The lowest BCUT2D eigenvalue weighted by Crippen LogP contribution is -2.41. The van der Waals surface area contributed by atoms with Gasteiger partial charge in [0.2, 0.25) is 5.91 Å². The fourth-order valence-corrected chi connectivity index (χ4v) is 3.56. The molecule has 3 rings (SSSR count). The largest absolute Gasteiger partial charge is 0.342 e. The standard InChI is InChI=1S/C17H23N3O3/c21-17(19-8-1-2-9-19)15-6-10-18(11-7-15)13-14-4-3-5-16(12-14)20(22)23/h3-5,12,15H,1-2,6-11,13H2. The number of rotatable bonds is 4. The van der Waals surface area contributed by atoms with Crippen LogP contribution in [0.1, 0.15) is 31.2 Å². The number of non-ortho nitro benzene ring substituents is 1. The van der Waals surface area contributed by atoms with Crippen molar-refractivity contribution >= 4 is 11.6 Å². The van der Waals surface area contributed by atoms with Gasteiger partial charge in [0.05, 0.1) is 4.92 Å². The first-order chi connectivity index (χ1) is 11.1. The molecule has 0 aromatic heterocycles. The number of hydrogen-bond acceptors (Lipinski definition) is 4. The molecule has 2 aliphatic heterocycles. The molecule has 6 nitrogen and oxygen atoms in total. The summed E-state index contributed by atoms with van der Waals surface area (Å²) >= 11 is 0. The van der Waals surface area contributed by atoms with Gasteiger partial charge in [-0.15, -0.1) is 0 Å². The SMILES string of the molecule is O=C(C1CCN(Cc2cccc([N+](=O)[O-])c2)CC1)N1CCCC1. The van der Waals surface area contributed by atoms with E-state index in [1.165, 1.54) is 6.07 Å². The van der Waals surface area contributed by atoms with E-state index in [2.05, 4.69) is 4.90 Å². The number of hydrogen-bond donors (Lipinski definition) is 0. The fraction of sp³-hybridized carbons (Fsp3) is 0.588. The van der Waals surface area contributed by atoms with E-state index >= 15 is 0 Å². The molecule has 0 radical (unpaired) electrons. The number of nitrogens with zero attached hydrogens (tertiary/aromatic N) is 3. The van der Waals surface area contributed by atoms with Crippen LogP contribution in [0.5, 0.6) is 0 Å². The van der Waals surface area contributed by atoms with Crippen LogP contribution < -0.4 is 0 Å². The molecule has 0 atom stereocenters. The Morgan fingerprint density at radius 1 is 1.17 bits per heavy atom. The molecule has 0 aliphatic carbocycles. The summed E-state index contributed by atoms with van der Waals surface area (Å²) < 4.78 is 0. The van der Waals surface area contributed by atoms with E-state index < -0.39 is 0 Å². The summed E-state index contributed by atoms with van der Waals surface area (Å²) in [7, 11) is 0. The van der Waals surface area contributed by atoms with Crippen LogP contribution in [0.25, 0.3) is 0 Å². The van der Waals surface area contributed by atoms with E-state index in [-0.39, 0.29) is 16.5 Å². The Morgan fingerprint density at radius 3 is 2.52 bits per heavy atom. The van der Waals surface area contributed by atoms with Crippen molar-refractivity contribution in [2.75, 3.05) is 26.2 Å². The molecule has 0 unspecified atom stereocenters. The molecule has 0 spiro atoms. The molecule has 0 bridgehead atoms. The van der Waals surface area contributed by atoms with Gasteiger partial charge < -0.3 is 4.90 Å². The Labute approximate surface area is 136 Å². The Morgan fingerprint density at radius 2 is 1.87 bits per heavy atom. The Kier molecular flexibility index (Phi) is 4.91. The molecule has 0 saturated carbocycles. The van der Waals surface area contributed by atoms with Crippen LogP contribution in [0.2, 0.25) is 0 Å². The third kappa shape index (κ3) is 3.88. The van der Waals surface area contributed by atoms with Crippen LogP contribution in [-0.4, -0.2) is 46.8 Å². The predicted octanol–water partition coefficient (Wildman–Crippen LogP) is 2.43. The van der Waals surface area contributed by atoms with Gasteiger partial charge in [0, 0.05) is 37.7 Å². The molecule has 2 saturated heterocycles. The lowest BCUT2D eigenvalue weighted by atomic mass is 9.95. The Bertz CT molecular complexity index is 576. The van der Waals surface area contributed by atoms with Gasteiger partial charge >= 0.3 is 0 Å². The second kappa shape index (κ2) is 7.08.